The minimum absolute atomic E-state index is 0.677. The summed E-state index contributed by atoms with van der Waals surface area (Å²) in [5.41, 5.74) is 8.59. The van der Waals surface area contributed by atoms with E-state index in [4.69, 9.17) is 15.2 Å². The Morgan fingerprint density at radius 2 is 1.63 bits per heavy atom. The molecule has 0 spiro atoms. The number of nitrogens with two attached hydrogens (primary N) is 1. The van der Waals surface area contributed by atoms with Crippen molar-refractivity contribution in [3.63, 3.8) is 0 Å². The first-order valence-electron chi connectivity index (χ1n) is 6.02. The zero-order valence-electron chi connectivity index (χ0n) is 11.1. The maximum atomic E-state index is 5.81. The summed E-state index contributed by atoms with van der Waals surface area (Å²) >= 11 is 0. The highest BCUT2D eigenvalue weighted by Crippen LogP contribution is 2.22. The van der Waals surface area contributed by atoms with Crippen LogP contribution in [0.25, 0.3) is 0 Å². The number of nitrogen functional groups attached to an aromatic ring is 1. The molecule has 0 saturated heterocycles. The van der Waals surface area contributed by atoms with Gasteiger partial charge in [0.25, 0.3) is 0 Å². The highest BCUT2D eigenvalue weighted by atomic mass is 16.5. The first-order chi connectivity index (χ1) is 9.21. The lowest BCUT2D eigenvalue weighted by Crippen LogP contribution is -2.00. The summed E-state index contributed by atoms with van der Waals surface area (Å²) < 4.78 is 10.3. The fourth-order valence-corrected chi connectivity index (χ4v) is 1.79. The summed E-state index contributed by atoms with van der Waals surface area (Å²) in [5.74, 6) is 1.60. The molecule has 0 amide bonds. The molecule has 0 bridgehead atoms. The molecule has 100 valence electrons. The fourth-order valence-electron chi connectivity index (χ4n) is 1.79. The van der Waals surface area contributed by atoms with Crippen molar-refractivity contribution in [3.8, 4) is 11.5 Å². The second kappa shape index (κ2) is 6.00. The number of hydrogen-bond acceptors (Lipinski definition) is 4. The van der Waals surface area contributed by atoms with Crippen molar-refractivity contribution in [3.05, 3.63) is 48.0 Å². The van der Waals surface area contributed by atoms with Crippen molar-refractivity contribution in [2.24, 2.45) is 0 Å². The first kappa shape index (κ1) is 13.1. The molecule has 4 nitrogen and oxygen atoms in total. The zero-order valence-corrected chi connectivity index (χ0v) is 11.1. The van der Waals surface area contributed by atoms with Gasteiger partial charge in [-0.15, -0.1) is 0 Å². The Bertz CT molecular complexity index is 538. The lowest BCUT2D eigenvalue weighted by atomic mass is 10.2. The molecule has 19 heavy (non-hydrogen) atoms. The normalized spacial score (nSPS) is 10.0. The van der Waals surface area contributed by atoms with Gasteiger partial charge in [0, 0.05) is 30.1 Å². The van der Waals surface area contributed by atoms with Crippen molar-refractivity contribution in [2.45, 2.75) is 6.54 Å². The predicted molar refractivity (Wildman–Crippen MR) is 77.7 cm³/mol. The van der Waals surface area contributed by atoms with Crippen LogP contribution in [0.3, 0.4) is 0 Å². The minimum atomic E-state index is 0.677. The van der Waals surface area contributed by atoms with Crippen molar-refractivity contribution in [2.75, 3.05) is 25.3 Å². The molecule has 0 heterocycles. The van der Waals surface area contributed by atoms with Gasteiger partial charge >= 0.3 is 0 Å². The maximum Gasteiger partial charge on any atom is 0.122 e. The smallest absolute Gasteiger partial charge is 0.122 e. The molecule has 0 aliphatic rings. The molecule has 0 atom stereocenters. The summed E-state index contributed by atoms with van der Waals surface area (Å²) in [6.45, 7) is 0.719. The first-order valence-corrected chi connectivity index (χ1v) is 6.02. The topological polar surface area (TPSA) is 56.5 Å². The number of rotatable bonds is 5. The van der Waals surface area contributed by atoms with Gasteiger partial charge in [0.05, 0.1) is 14.2 Å². The molecule has 0 fully saturated rings. The molecule has 0 aliphatic heterocycles. The van der Waals surface area contributed by atoms with E-state index < -0.39 is 0 Å². The van der Waals surface area contributed by atoms with Gasteiger partial charge in [-0.05, 0) is 23.8 Å². The van der Waals surface area contributed by atoms with Gasteiger partial charge in [-0.2, -0.15) is 0 Å². The molecule has 3 N–H and O–H groups in total. The van der Waals surface area contributed by atoms with Crippen LogP contribution in [-0.2, 0) is 6.54 Å². The van der Waals surface area contributed by atoms with E-state index in [9.17, 15) is 0 Å². The van der Waals surface area contributed by atoms with E-state index in [2.05, 4.69) is 5.32 Å². The van der Waals surface area contributed by atoms with Crippen LogP contribution in [0.4, 0.5) is 11.4 Å². The van der Waals surface area contributed by atoms with Gasteiger partial charge in [0.15, 0.2) is 0 Å². The van der Waals surface area contributed by atoms with Crippen molar-refractivity contribution in [1.82, 2.24) is 0 Å². The third-order valence-electron chi connectivity index (χ3n) is 2.82. The largest absolute Gasteiger partial charge is 0.497 e. The molecule has 2 aromatic carbocycles. The van der Waals surface area contributed by atoms with Crippen molar-refractivity contribution < 1.29 is 9.47 Å². The Kier molecular flexibility index (Phi) is 4.13. The van der Waals surface area contributed by atoms with E-state index in [1.807, 2.05) is 36.4 Å². The van der Waals surface area contributed by atoms with E-state index in [0.717, 1.165) is 23.7 Å². The molecule has 0 unspecified atom stereocenters. The van der Waals surface area contributed by atoms with Crippen LogP contribution >= 0.6 is 0 Å². The number of hydrogen-bond donors (Lipinski definition) is 2. The molecule has 0 saturated carbocycles. The predicted octanol–water partition coefficient (Wildman–Crippen LogP) is 2.90. The number of ether oxygens (including phenoxy) is 2. The monoisotopic (exact) mass is 258 g/mol. The molecular weight excluding hydrogens is 240 g/mol. The SMILES string of the molecule is COc1ccc(CNc2cc(N)cc(OC)c2)cc1. The van der Waals surface area contributed by atoms with Gasteiger partial charge in [-0.3, -0.25) is 0 Å². The van der Waals surface area contributed by atoms with Crippen molar-refractivity contribution >= 4 is 11.4 Å². The highest BCUT2D eigenvalue weighted by Gasteiger charge is 2.00. The Balaban J connectivity index is 2.03. The van der Waals surface area contributed by atoms with Gasteiger partial charge in [0.1, 0.15) is 11.5 Å². The lowest BCUT2D eigenvalue weighted by Gasteiger charge is -2.10. The Labute approximate surface area is 113 Å². The summed E-state index contributed by atoms with van der Waals surface area (Å²) in [4.78, 5) is 0. The van der Waals surface area contributed by atoms with Crippen LogP contribution < -0.4 is 20.5 Å². The Morgan fingerprint density at radius 3 is 2.26 bits per heavy atom. The van der Waals surface area contributed by atoms with Crippen LogP contribution in [0, 0.1) is 0 Å². The van der Waals surface area contributed by atoms with Gasteiger partial charge in [-0.25, -0.2) is 0 Å². The second-order valence-corrected chi connectivity index (χ2v) is 4.20. The molecule has 2 rings (SSSR count). The minimum Gasteiger partial charge on any atom is -0.497 e. The van der Waals surface area contributed by atoms with E-state index in [0.29, 0.717) is 5.69 Å². The number of benzene rings is 2. The third-order valence-corrected chi connectivity index (χ3v) is 2.82. The quantitative estimate of drug-likeness (QED) is 0.810. The number of nitrogens with one attached hydrogen (secondary N) is 1. The summed E-state index contributed by atoms with van der Waals surface area (Å²) in [7, 11) is 3.29. The number of methoxy groups -OCH3 is 2. The number of anilines is 2. The van der Waals surface area contributed by atoms with E-state index in [-0.39, 0.29) is 0 Å². The molecule has 0 aliphatic carbocycles. The van der Waals surface area contributed by atoms with Gasteiger partial charge < -0.3 is 20.5 Å². The van der Waals surface area contributed by atoms with Crippen LogP contribution in [0.5, 0.6) is 11.5 Å². The molecule has 0 aromatic heterocycles. The van der Waals surface area contributed by atoms with Crippen LogP contribution in [0.1, 0.15) is 5.56 Å². The molecule has 4 heteroatoms. The van der Waals surface area contributed by atoms with Gasteiger partial charge in [0.2, 0.25) is 0 Å². The third kappa shape index (κ3) is 3.55. The molecular formula is C15H18N2O2. The van der Waals surface area contributed by atoms with Gasteiger partial charge in [-0.1, -0.05) is 12.1 Å². The summed E-state index contributed by atoms with van der Waals surface area (Å²) in [6, 6.07) is 13.5. The van der Waals surface area contributed by atoms with E-state index in [1.54, 1.807) is 20.3 Å². The highest BCUT2D eigenvalue weighted by molar-refractivity contribution is 5.59. The van der Waals surface area contributed by atoms with E-state index >= 15 is 0 Å². The van der Waals surface area contributed by atoms with Crippen LogP contribution in [0.15, 0.2) is 42.5 Å². The lowest BCUT2D eigenvalue weighted by molar-refractivity contribution is 0.414. The maximum absolute atomic E-state index is 5.81. The second-order valence-electron chi connectivity index (χ2n) is 4.20. The average Bonchev–Trinajstić information content (AvgIpc) is 2.45. The molecule has 0 radical (unpaired) electrons. The van der Waals surface area contributed by atoms with Crippen LogP contribution in [-0.4, -0.2) is 14.2 Å². The average molecular weight is 258 g/mol. The Hall–Kier alpha value is -2.36. The summed E-state index contributed by atoms with van der Waals surface area (Å²) in [5, 5.41) is 3.31. The molecule has 2 aromatic rings. The standard InChI is InChI=1S/C15H18N2O2/c1-18-14-5-3-11(4-6-14)10-17-13-7-12(16)8-15(9-13)19-2/h3-9,17H,10,16H2,1-2H3. The summed E-state index contributed by atoms with van der Waals surface area (Å²) in [6.07, 6.45) is 0. The van der Waals surface area contributed by atoms with Crippen LogP contribution in [0.2, 0.25) is 0 Å². The zero-order chi connectivity index (χ0) is 13.7. The van der Waals surface area contributed by atoms with E-state index in [1.165, 1.54) is 5.56 Å². The van der Waals surface area contributed by atoms with Crippen molar-refractivity contribution in [1.29, 1.82) is 0 Å². The fraction of sp³-hybridized carbons (Fsp3) is 0.200. The Morgan fingerprint density at radius 1 is 0.947 bits per heavy atom.